The van der Waals surface area contributed by atoms with Gasteiger partial charge >= 0.3 is 6.18 Å². The molecule has 1 aromatic heterocycles. The van der Waals surface area contributed by atoms with Crippen LogP contribution in [0.5, 0.6) is 5.75 Å². The van der Waals surface area contributed by atoms with Gasteiger partial charge in [0, 0.05) is 41.2 Å². The Morgan fingerprint density at radius 3 is 2.36 bits per heavy atom. The fourth-order valence-electron chi connectivity index (χ4n) is 4.91. The molecule has 1 fully saturated rings. The lowest BCUT2D eigenvalue weighted by molar-refractivity contribution is -0.140. The Morgan fingerprint density at radius 1 is 1.09 bits per heavy atom. The summed E-state index contributed by atoms with van der Waals surface area (Å²) in [5.74, 6) is 5.91. The third kappa shape index (κ3) is 10.4. The Hall–Kier alpha value is -3.36. The van der Waals surface area contributed by atoms with E-state index in [1.165, 1.54) is 29.5 Å². The maximum Gasteiger partial charge on any atom is 0.406 e. The van der Waals surface area contributed by atoms with Crippen LogP contribution in [0.2, 0.25) is 0 Å². The van der Waals surface area contributed by atoms with Gasteiger partial charge in [0.05, 0.1) is 37.1 Å². The van der Waals surface area contributed by atoms with E-state index in [2.05, 4.69) is 27.4 Å². The van der Waals surface area contributed by atoms with Crippen molar-refractivity contribution in [1.82, 2.24) is 9.47 Å². The first-order valence-corrected chi connectivity index (χ1v) is 16.1. The van der Waals surface area contributed by atoms with Crippen molar-refractivity contribution in [3.63, 3.8) is 0 Å². The minimum atomic E-state index is -4.43. The highest BCUT2D eigenvalue weighted by molar-refractivity contribution is 7.98. The fourth-order valence-corrected chi connectivity index (χ4v) is 5.38. The number of ether oxygens (including phenoxy) is 1. The number of fused-ring (bicyclic) bond motifs is 1. The Labute approximate surface area is 262 Å². The van der Waals surface area contributed by atoms with E-state index in [0.717, 1.165) is 31.6 Å². The maximum atomic E-state index is 14.3. The van der Waals surface area contributed by atoms with Crippen LogP contribution in [-0.2, 0) is 11.3 Å². The number of carbonyl (C=O) groups is 1. The molecule has 2 aromatic carbocycles. The first-order valence-electron chi connectivity index (χ1n) is 14.9. The number of likely N-dealkylation sites (tertiary alicyclic amines) is 1. The standard InChI is InChI=1S/C29H32F4N4O2S.2C2H6/c1-19(38)17-36-12-9-20(10-13-36)35-24-7-4-8-26-22(24)14-21(37(26)18-29(31,32)33)6-5-11-34-25-15-23(30)28(40-3)16-27(25)39-2;2*1-2/h4,7-8,14-16,20,34-35H,9-13,17-18H2,1-3H3;2*1-2H3. The van der Waals surface area contributed by atoms with Gasteiger partial charge in [0.25, 0.3) is 0 Å². The molecule has 0 bridgehead atoms. The molecular formula is C33H44F4N4O2S. The summed E-state index contributed by atoms with van der Waals surface area (Å²) in [4.78, 5) is 14.0. The largest absolute Gasteiger partial charge is 0.495 e. The summed E-state index contributed by atoms with van der Waals surface area (Å²) in [6, 6.07) is 9.97. The minimum absolute atomic E-state index is 0.0753. The van der Waals surface area contributed by atoms with Crippen LogP contribution in [0.1, 0.15) is 53.2 Å². The highest BCUT2D eigenvalue weighted by Gasteiger charge is 2.30. The van der Waals surface area contributed by atoms with Crippen molar-refractivity contribution in [2.75, 3.05) is 50.2 Å². The van der Waals surface area contributed by atoms with Gasteiger partial charge < -0.3 is 19.9 Å². The second-order valence-corrected chi connectivity index (χ2v) is 10.6. The van der Waals surface area contributed by atoms with Gasteiger partial charge in [-0.15, -0.1) is 11.8 Å². The average Bonchev–Trinajstić information content (AvgIpc) is 3.34. The highest BCUT2D eigenvalue weighted by Crippen LogP contribution is 2.33. The molecule has 0 aliphatic carbocycles. The number of piperidine rings is 1. The average molecular weight is 637 g/mol. The van der Waals surface area contributed by atoms with Gasteiger partial charge in [-0.05, 0) is 56.2 Å². The lowest BCUT2D eigenvalue weighted by atomic mass is 10.0. The van der Waals surface area contributed by atoms with Crippen molar-refractivity contribution >= 4 is 39.8 Å². The van der Waals surface area contributed by atoms with Crippen LogP contribution in [0.3, 0.4) is 0 Å². The number of hydrogen-bond donors (Lipinski definition) is 2. The molecular weight excluding hydrogens is 592 g/mol. The van der Waals surface area contributed by atoms with E-state index in [1.807, 2.05) is 33.8 Å². The quantitative estimate of drug-likeness (QED) is 0.141. The number of Topliss-reactive ketones (excluding diaryl/α,β-unsaturated/α-hetero) is 1. The number of benzene rings is 2. The molecule has 0 unspecified atom stereocenters. The van der Waals surface area contributed by atoms with Crippen LogP contribution in [0.25, 0.3) is 10.9 Å². The van der Waals surface area contributed by atoms with Crippen LogP contribution >= 0.6 is 11.8 Å². The van der Waals surface area contributed by atoms with E-state index in [1.54, 1.807) is 37.4 Å². The Bertz CT molecular complexity index is 1420. The van der Waals surface area contributed by atoms with E-state index in [0.29, 0.717) is 33.8 Å². The number of rotatable bonds is 9. The van der Waals surface area contributed by atoms with Crippen molar-refractivity contribution in [2.24, 2.45) is 0 Å². The van der Waals surface area contributed by atoms with Crippen LogP contribution in [-0.4, -0.2) is 67.0 Å². The predicted molar refractivity (Wildman–Crippen MR) is 175 cm³/mol. The molecule has 1 saturated heterocycles. The number of anilines is 2. The maximum absolute atomic E-state index is 14.3. The first-order chi connectivity index (χ1) is 21.1. The van der Waals surface area contributed by atoms with E-state index < -0.39 is 18.5 Å². The molecule has 1 aliphatic heterocycles. The Balaban J connectivity index is 0.00000162. The Kier molecular flexibility index (Phi) is 14.9. The number of halogens is 4. The summed E-state index contributed by atoms with van der Waals surface area (Å²) in [7, 11) is 1.48. The number of thioether (sulfide) groups is 1. The number of aromatic nitrogens is 1. The molecule has 1 aliphatic rings. The topological polar surface area (TPSA) is 58.5 Å². The summed E-state index contributed by atoms with van der Waals surface area (Å²) >= 11 is 1.26. The minimum Gasteiger partial charge on any atom is -0.495 e. The number of alkyl halides is 3. The zero-order chi connectivity index (χ0) is 32.9. The smallest absolute Gasteiger partial charge is 0.406 e. The zero-order valence-electron chi connectivity index (χ0n) is 26.6. The molecule has 242 valence electrons. The molecule has 4 rings (SSSR count). The fraction of sp³-hybridized carbons (Fsp3) is 0.485. The summed E-state index contributed by atoms with van der Waals surface area (Å²) < 4.78 is 61.4. The SMILES string of the molecule is CC.CC.COc1cc(SC)c(F)cc1NCC#Cc1cc2c(NC3CCN(CC(C)=O)CC3)cccc2n1CC(F)(F)F. The summed E-state index contributed by atoms with van der Waals surface area (Å²) in [6.45, 7) is 10.5. The normalized spacial score (nSPS) is 13.5. The van der Waals surface area contributed by atoms with E-state index >= 15 is 0 Å². The number of nitrogens with one attached hydrogen (secondary N) is 2. The molecule has 0 atom stereocenters. The molecule has 2 heterocycles. The van der Waals surface area contributed by atoms with Gasteiger partial charge in [0.1, 0.15) is 23.9 Å². The third-order valence-electron chi connectivity index (χ3n) is 6.73. The molecule has 44 heavy (non-hydrogen) atoms. The van der Waals surface area contributed by atoms with Gasteiger partial charge in [-0.2, -0.15) is 13.2 Å². The van der Waals surface area contributed by atoms with Gasteiger partial charge in [-0.3, -0.25) is 9.69 Å². The van der Waals surface area contributed by atoms with Gasteiger partial charge in [-0.1, -0.05) is 39.7 Å². The molecule has 0 amide bonds. The molecule has 0 saturated carbocycles. The van der Waals surface area contributed by atoms with Crippen molar-refractivity contribution < 1.29 is 27.1 Å². The third-order valence-corrected chi connectivity index (χ3v) is 7.49. The van der Waals surface area contributed by atoms with Crippen molar-refractivity contribution in [1.29, 1.82) is 0 Å². The second kappa shape index (κ2) is 17.8. The molecule has 0 spiro atoms. The van der Waals surface area contributed by atoms with Gasteiger partial charge in [0.15, 0.2) is 0 Å². The first kappa shape index (κ1) is 36.8. The number of nitrogens with zero attached hydrogens (tertiary/aromatic N) is 2. The molecule has 11 heteroatoms. The molecule has 6 nitrogen and oxygen atoms in total. The monoisotopic (exact) mass is 636 g/mol. The summed E-state index contributed by atoms with van der Waals surface area (Å²) in [5.41, 5.74) is 1.82. The number of hydrogen-bond acceptors (Lipinski definition) is 6. The summed E-state index contributed by atoms with van der Waals surface area (Å²) in [5, 5.41) is 7.15. The van der Waals surface area contributed by atoms with Gasteiger partial charge in [0.2, 0.25) is 0 Å². The van der Waals surface area contributed by atoms with Crippen LogP contribution in [0.4, 0.5) is 28.9 Å². The van der Waals surface area contributed by atoms with Crippen LogP contribution in [0.15, 0.2) is 41.3 Å². The van der Waals surface area contributed by atoms with Crippen molar-refractivity contribution in [3.05, 3.63) is 47.9 Å². The lowest BCUT2D eigenvalue weighted by Crippen LogP contribution is -2.41. The molecule has 0 radical (unpaired) electrons. The van der Waals surface area contributed by atoms with Gasteiger partial charge in [-0.25, -0.2) is 4.39 Å². The van der Waals surface area contributed by atoms with Crippen LogP contribution < -0.4 is 15.4 Å². The summed E-state index contributed by atoms with van der Waals surface area (Å²) in [6.07, 6.45) is -1.02. The number of ketones is 1. The van der Waals surface area contributed by atoms with Crippen molar-refractivity contribution in [2.45, 2.75) is 71.1 Å². The van der Waals surface area contributed by atoms with Crippen LogP contribution in [0, 0.1) is 17.7 Å². The lowest BCUT2D eigenvalue weighted by Gasteiger charge is -2.32. The Morgan fingerprint density at radius 2 is 1.77 bits per heavy atom. The van der Waals surface area contributed by atoms with E-state index in [9.17, 15) is 22.4 Å². The zero-order valence-corrected chi connectivity index (χ0v) is 27.4. The number of carbonyl (C=O) groups excluding carboxylic acids is 1. The molecule has 3 aromatic rings. The number of methoxy groups -OCH3 is 1. The highest BCUT2D eigenvalue weighted by atomic mass is 32.2. The van der Waals surface area contributed by atoms with E-state index in [-0.39, 0.29) is 24.1 Å². The molecule has 2 N–H and O–H groups in total. The second-order valence-electron chi connectivity index (χ2n) is 9.71. The van der Waals surface area contributed by atoms with E-state index in [4.69, 9.17) is 4.74 Å². The van der Waals surface area contributed by atoms with Crippen molar-refractivity contribution in [3.8, 4) is 17.6 Å². The predicted octanol–water partition coefficient (Wildman–Crippen LogP) is 8.05.